The molecule has 1 saturated carbocycles. The Morgan fingerprint density at radius 3 is 2.45 bits per heavy atom. The largest absolute Gasteiger partial charge is 0.416 e. The molecule has 158 valence electrons. The summed E-state index contributed by atoms with van der Waals surface area (Å²) in [6.07, 6.45) is -0.906. The molecular weight excluding hydrogens is 412 g/mol. The molecule has 5 rings (SSSR count). The molecule has 1 fully saturated rings. The molecule has 0 unspecified atom stereocenters. The number of hydrogen-bond donors (Lipinski definition) is 2. The van der Waals surface area contributed by atoms with Crippen LogP contribution in [-0.4, -0.2) is 19.6 Å². The second kappa shape index (κ2) is 6.93. The molecule has 0 radical (unpaired) electrons. The number of benzene rings is 1. The Balaban J connectivity index is 1.55. The highest BCUT2D eigenvalue weighted by atomic mass is 19.4. The van der Waals surface area contributed by atoms with E-state index in [0.717, 1.165) is 30.7 Å². The average Bonchev–Trinajstić information content (AvgIpc) is 3.48. The predicted molar refractivity (Wildman–Crippen MR) is 107 cm³/mol. The van der Waals surface area contributed by atoms with Gasteiger partial charge >= 0.3 is 6.18 Å². The lowest BCUT2D eigenvalue weighted by molar-refractivity contribution is -0.137. The first-order valence-electron chi connectivity index (χ1n) is 9.55. The maximum absolute atomic E-state index is 13.9. The maximum Gasteiger partial charge on any atom is 0.416 e. The van der Waals surface area contributed by atoms with E-state index in [1.165, 1.54) is 24.3 Å². The van der Waals surface area contributed by atoms with Crippen LogP contribution in [0.2, 0.25) is 0 Å². The highest BCUT2D eigenvalue weighted by Crippen LogP contribution is 2.45. The standard InChI is InChI=1S/C21H16F4N6/c22-13-7-8-31-16(9-13)18(19(30-31)11-1-2-11)15-10-17(26)29-20(28-15)27-14-5-3-12(4-6-14)21(23,24)25/h3-11H,1-2H2,(H3,26,27,28,29). The summed E-state index contributed by atoms with van der Waals surface area (Å²) in [5.74, 6) is 0.144. The van der Waals surface area contributed by atoms with Gasteiger partial charge in [-0.1, -0.05) is 0 Å². The van der Waals surface area contributed by atoms with Crippen molar-refractivity contribution in [2.45, 2.75) is 24.9 Å². The van der Waals surface area contributed by atoms with Gasteiger partial charge in [-0.15, -0.1) is 0 Å². The summed E-state index contributed by atoms with van der Waals surface area (Å²) in [5, 5.41) is 7.47. The van der Waals surface area contributed by atoms with E-state index in [2.05, 4.69) is 20.4 Å². The Morgan fingerprint density at radius 1 is 1.03 bits per heavy atom. The van der Waals surface area contributed by atoms with Crippen molar-refractivity contribution in [2.75, 3.05) is 11.1 Å². The Kier molecular flexibility index (Phi) is 4.31. The molecule has 0 spiro atoms. The van der Waals surface area contributed by atoms with E-state index in [0.29, 0.717) is 22.5 Å². The van der Waals surface area contributed by atoms with Gasteiger partial charge in [-0.2, -0.15) is 23.3 Å². The lowest BCUT2D eigenvalue weighted by atomic mass is 10.1. The first-order chi connectivity index (χ1) is 14.8. The number of nitrogens with one attached hydrogen (secondary N) is 1. The third-order valence-electron chi connectivity index (χ3n) is 5.06. The van der Waals surface area contributed by atoms with E-state index in [9.17, 15) is 17.6 Å². The molecule has 0 bridgehead atoms. The fourth-order valence-corrected chi connectivity index (χ4v) is 3.46. The number of halogens is 4. The van der Waals surface area contributed by atoms with Gasteiger partial charge in [0.25, 0.3) is 0 Å². The van der Waals surface area contributed by atoms with Crippen LogP contribution in [0.5, 0.6) is 0 Å². The molecule has 0 atom stereocenters. The van der Waals surface area contributed by atoms with Crippen LogP contribution < -0.4 is 11.1 Å². The van der Waals surface area contributed by atoms with E-state index in [4.69, 9.17) is 5.73 Å². The van der Waals surface area contributed by atoms with Gasteiger partial charge in [-0.25, -0.2) is 13.9 Å². The number of nitrogens with two attached hydrogens (primary N) is 1. The SMILES string of the molecule is Nc1cc(-c2c(C3CC3)nn3ccc(F)cc23)nc(Nc2ccc(C(F)(F)F)cc2)n1. The van der Waals surface area contributed by atoms with E-state index in [1.807, 2.05) is 0 Å². The lowest BCUT2D eigenvalue weighted by Gasteiger charge is -2.10. The molecule has 3 aromatic heterocycles. The van der Waals surface area contributed by atoms with Crippen molar-refractivity contribution >= 4 is 23.0 Å². The van der Waals surface area contributed by atoms with E-state index < -0.39 is 17.6 Å². The molecule has 0 amide bonds. The minimum atomic E-state index is -4.42. The van der Waals surface area contributed by atoms with Gasteiger partial charge in [0.05, 0.1) is 22.5 Å². The second-order valence-corrected chi connectivity index (χ2v) is 7.41. The number of anilines is 3. The topological polar surface area (TPSA) is 81.1 Å². The summed E-state index contributed by atoms with van der Waals surface area (Å²) in [5.41, 5.74) is 8.09. The molecule has 0 saturated heterocycles. The average molecular weight is 428 g/mol. The first kappa shape index (κ1) is 19.3. The molecule has 1 aliphatic carbocycles. The summed E-state index contributed by atoms with van der Waals surface area (Å²) < 4.78 is 53.9. The molecule has 3 N–H and O–H groups in total. The number of alkyl halides is 3. The quantitative estimate of drug-likeness (QED) is 0.439. The van der Waals surface area contributed by atoms with Crippen LogP contribution in [0.4, 0.5) is 35.0 Å². The smallest absolute Gasteiger partial charge is 0.384 e. The fourth-order valence-electron chi connectivity index (χ4n) is 3.46. The fraction of sp³-hybridized carbons (Fsp3) is 0.190. The van der Waals surface area contributed by atoms with Crippen LogP contribution >= 0.6 is 0 Å². The highest BCUT2D eigenvalue weighted by Gasteiger charge is 2.32. The van der Waals surface area contributed by atoms with Gasteiger partial charge in [0, 0.05) is 35.5 Å². The molecule has 4 aromatic rings. The van der Waals surface area contributed by atoms with Gasteiger partial charge in [0.15, 0.2) is 0 Å². The second-order valence-electron chi connectivity index (χ2n) is 7.41. The van der Waals surface area contributed by atoms with Crippen molar-refractivity contribution in [3.8, 4) is 11.3 Å². The van der Waals surface area contributed by atoms with Crippen LogP contribution in [0.25, 0.3) is 16.8 Å². The van der Waals surface area contributed by atoms with Crippen molar-refractivity contribution in [1.82, 2.24) is 19.6 Å². The number of nitrogen functional groups attached to an aromatic ring is 1. The summed E-state index contributed by atoms with van der Waals surface area (Å²) >= 11 is 0. The van der Waals surface area contributed by atoms with Crippen LogP contribution in [0.1, 0.15) is 30.0 Å². The Labute approximate surface area is 173 Å². The van der Waals surface area contributed by atoms with Crippen LogP contribution in [-0.2, 0) is 6.18 Å². The Hall–Kier alpha value is -3.69. The molecule has 6 nitrogen and oxygen atoms in total. The monoisotopic (exact) mass is 428 g/mol. The molecule has 1 aromatic carbocycles. The summed E-state index contributed by atoms with van der Waals surface area (Å²) in [7, 11) is 0. The third kappa shape index (κ3) is 3.76. The molecule has 0 aliphatic heterocycles. The third-order valence-corrected chi connectivity index (χ3v) is 5.06. The van der Waals surface area contributed by atoms with Gasteiger partial charge in [0.1, 0.15) is 11.6 Å². The normalized spacial score (nSPS) is 14.2. The number of pyridine rings is 1. The van der Waals surface area contributed by atoms with Crippen molar-refractivity contribution in [3.05, 3.63) is 65.7 Å². The van der Waals surface area contributed by atoms with Crippen molar-refractivity contribution in [1.29, 1.82) is 0 Å². The van der Waals surface area contributed by atoms with Gasteiger partial charge < -0.3 is 11.1 Å². The van der Waals surface area contributed by atoms with Crippen molar-refractivity contribution in [2.24, 2.45) is 0 Å². The zero-order valence-corrected chi connectivity index (χ0v) is 16.0. The summed E-state index contributed by atoms with van der Waals surface area (Å²) in [6.45, 7) is 0. The number of rotatable bonds is 4. The zero-order chi connectivity index (χ0) is 21.8. The van der Waals surface area contributed by atoms with Crippen molar-refractivity contribution < 1.29 is 17.6 Å². The van der Waals surface area contributed by atoms with E-state index >= 15 is 0 Å². The first-order valence-corrected chi connectivity index (χ1v) is 9.55. The number of fused-ring (bicyclic) bond motifs is 1. The summed E-state index contributed by atoms with van der Waals surface area (Å²) in [4.78, 5) is 8.62. The number of hydrogen-bond acceptors (Lipinski definition) is 5. The van der Waals surface area contributed by atoms with E-state index in [1.54, 1.807) is 16.8 Å². The Morgan fingerprint density at radius 2 is 1.77 bits per heavy atom. The number of nitrogens with zero attached hydrogens (tertiary/aromatic N) is 4. The molecule has 31 heavy (non-hydrogen) atoms. The Bertz CT molecular complexity index is 1280. The van der Waals surface area contributed by atoms with E-state index in [-0.39, 0.29) is 17.7 Å². The highest BCUT2D eigenvalue weighted by molar-refractivity contribution is 5.82. The van der Waals surface area contributed by atoms with Gasteiger partial charge in [-0.05, 0) is 43.2 Å². The predicted octanol–water partition coefficient (Wildman–Crippen LogP) is 5.15. The van der Waals surface area contributed by atoms with Crippen LogP contribution in [0, 0.1) is 5.82 Å². The zero-order valence-electron chi connectivity index (χ0n) is 16.0. The summed E-state index contributed by atoms with van der Waals surface area (Å²) in [6, 6.07) is 8.79. The molecule has 1 aliphatic rings. The minimum Gasteiger partial charge on any atom is -0.384 e. The maximum atomic E-state index is 13.9. The van der Waals surface area contributed by atoms with Crippen LogP contribution in [0.3, 0.4) is 0 Å². The van der Waals surface area contributed by atoms with Crippen LogP contribution in [0.15, 0.2) is 48.7 Å². The lowest BCUT2D eigenvalue weighted by Crippen LogP contribution is -2.05. The van der Waals surface area contributed by atoms with Gasteiger partial charge in [-0.3, -0.25) is 0 Å². The van der Waals surface area contributed by atoms with Gasteiger partial charge in [0.2, 0.25) is 5.95 Å². The minimum absolute atomic E-state index is 0.118. The molecule has 3 heterocycles. The number of aromatic nitrogens is 4. The van der Waals surface area contributed by atoms with Crippen molar-refractivity contribution in [3.63, 3.8) is 0 Å². The molecular formula is C21H16F4N6. The molecule has 10 heteroatoms.